The molecule has 0 heterocycles. The first-order valence-electron chi connectivity index (χ1n) is 0.926. The van der Waals surface area contributed by atoms with E-state index in [9.17, 15) is 23.3 Å². The fourth-order valence-corrected chi connectivity index (χ4v) is 0. The monoisotopic (exact) mass is 202 g/mol. The van der Waals surface area contributed by atoms with Crippen molar-refractivity contribution in [3.05, 3.63) is 0 Å². The first-order valence-corrected chi connectivity index (χ1v) is 2.78. The first-order chi connectivity index (χ1) is 2.45. The molecule has 9 heavy (non-hydrogen) atoms. The Kier molecular flexibility index (Phi) is 4.75. The maximum absolute atomic E-state index is 10.5. The predicted octanol–water partition coefficient (Wildman–Crippen LogP) is -0.00340. The maximum Gasteiger partial charge on any atom is 1.00 e. The van der Waals surface area contributed by atoms with Gasteiger partial charge in [0.15, 0.2) is 0 Å². The Morgan fingerprint density at radius 2 is 0.667 bits per heavy atom. The molecule has 0 spiro atoms. The van der Waals surface area contributed by atoms with E-state index in [1.165, 1.54) is 0 Å². The largest absolute Gasteiger partial charge is 1.00 e. The van der Waals surface area contributed by atoms with Crippen molar-refractivity contribution in [2.45, 2.75) is 0 Å². The van der Waals surface area contributed by atoms with Crippen LogP contribution in [-0.2, 0) is 0 Å². The van der Waals surface area contributed by atoms with Crippen molar-refractivity contribution in [1.82, 2.24) is 0 Å². The minimum Gasteiger partial charge on any atom is -0.870 e. The summed E-state index contributed by atoms with van der Waals surface area (Å²) in [5.41, 5.74) is 0. The smallest absolute Gasteiger partial charge is 0.870 e. The van der Waals surface area contributed by atoms with E-state index in [1.807, 2.05) is 0 Å². The summed E-state index contributed by atoms with van der Waals surface area (Å²) in [6.07, 6.45) is 0. The van der Waals surface area contributed by atoms with E-state index in [-0.39, 0.29) is 56.9 Å². The third kappa shape index (κ3) is 232. The van der Waals surface area contributed by atoms with Crippen LogP contribution in [0.5, 0.6) is 0 Å². The third-order valence-electron chi connectivity index (χ3n) is 0. The van der Waals surface area contributed by atoms with Gasteiger partial charge in [-0.15, -0.1) is 0 Å². The molecule has 0 aliphatic rings. The Morgan fingerprint density at radius 3 is 0.667 bits per heavy atom. The second-order valence-corrected chi connectivity index (χ2v) is 2.62. The zero-order valence-electron chi connectivity index (χ0n) is 4.12. The summed E-state index contributed by atoms with van der Waals surface area (Å²) in [4.78, 5) is 0. The van der Waals surface area contributed by atoms with E-state index in [2.05, 4.69) is 0 Å². The van der Waals surface area contributed by atoms with Crippen LogP contribution in [0.3, 0.4) is 0 Å². The van der Waals surface area contributed by atoms with E-state index >= 15 is 0 Å². The first kappa shape index (κ1) is 16.9. The van der Waals surface area contributed by atoms with E-state index in [0.29, 0.717) is 0 Å². The van der Waals surface area contributed by atoms with Crippen molar-refractivity contribution < 1.29 is 80.2 Å². The van der Waals surface area contributed by atoms with Crippen LogP contribution in [0.2, 0.25) is 0 Å². The third-order valence-corrected chi connectivity index (χ3v) is 0. The molecule has 0 rings (SSSR count). The predicted molar refractivity (Wildman–Crippen MR) is 16.2 cm³/mol. The van der Waals surface area contributed by atoms with Gasteiger partial charge in [0, 0.05) is 0 Å². The molecule has 0 unspecified atom stereocenters. The van der Waals surface area contributed by atoms with Gasteiger partial charge >= 0.3 is 62.0 Å². The molecule has 0 bridgehead atoms. The molecule has 0 atom stereocenters. The van der Waals surface area contributed by atoms with Crippen LogP contribution in [0.4, 0.5) is 23.3 Å². The maximum atomic E-state index is 9.85. The standard InChI is InChI=1S/F6S.K.H2O/c1-7(2,3,4,5)6;;/h;;1H2/q;+1;/p-1. The van der Waals surface area contributed by atoms with Crippen molar-refractivity contribution in [2.24, 2.45) is 0 Å². The number of hydrogen-bond donors (Lipinski definition) is 0. The summed E-state index contributed by atoms with van der Waals surface area (Å²) < 4.78 is 59.1. The van der Waals surface area contributed by atoms with Crippen LogP contribution in [0.1, 0.15) is 0 Å². The molecule has 0 aromatic heterocycles. The van der Waals surface area contributed by atoms with E-state index in [0.717, 1.165) is 0 Å². The van der Waals surface area contributed by atoms with Crippen LogP contribution < -0.4 is 51.4 Å². The van der Waals surface area contributed by atoms with Crippen LogP contribution in [-0.4, -0.2) is 5.48 Å². The van der Waals surface area contributed by atoms with Crippen LogP contribution >= 0.6 is 10.6 Å². The van der Waals surface area contributed by atoms with Crippen LogP contribution in [0.25, 0.3) is 0 Å². The van der Waals surface area contributed by atoms with Crippen molar-refractivity contribution in [3.63, 3.8) is 0 Å². The second kappa shape index (κ2) is 2.54. The molecule has 1 nitrogen and oxygen atoms in total. The summed E-state index contributed by atoms with van der Waals surface area (Å²) in [5, 5.41) is 0. The Hall–Kier alpha value is 1.53. The van der Waals surface area contributed by atoms with Gasteiger partial charge < -0.3 is 5.48 Å². The van der Waals surface area contributed by atoms with Gasteiger partial charge in [0.1, 0.15) is 0 Å². The van der Waals surface area contributed by atoms with Gasteiger partial charge in [-0.2, -0.15) is 0 Å². The number of hydrogen-bond acceptors (Lipinski definition) is 1. The molecule has 0 saturated carbocycles. The van der Waals surface area contributed by atoms with Crippen molar-refractivity contribution >= 4 is 10.6 Å². The molecular formula is HF6KOS. The van der Waals surface area contributed by atoms with Crippen molar-refractivity contribution in [2.75, 3.05) is 0 Å². The summed E-state index contributed by atoms with van der Waals surface area (Å²) in [5.74, 6) is 0. The molecule has 0 radical (unpaired) electrons. The zero-order valence-corrected chi connectivity index (χ0v) is 8.06. The van der Waals surface area contributed by atoms with E-state index in [1.54, 1.807) is 0 Å². The Balaban J connectivity index is -0.000000180. The summed E-state index contributed by atoms with van der Waals surface area (Å²) in [6.45, 7) is 0. The molecule has 56 valence electrons. The molecular weight excluding hydrogens is 201 g/mol. The van der Waals surface area contributed by atoms with Gasteiger partial charge in [-0.1, -0.05) is 23.3 Å². The zero-order chi connectivity index (χ0) is 6.41. The summed E-state index contributed by atoms with van der Waals surface area (Å²) >= 11 is 0. The fourth-order valence-electron chi connectivity index (χ4n) is 0. The van der Waals surface area contributed by atoms with Crippen molar-refractivity contribution in [3.8, 4) is 0 Å². The Morgan fingerprint density at radius 1 is 0.667 bits per heavy atom. The average molecular weight is 202 g/mol. The molecule has 0 aliphatic carbocycles. The Bertz CT molecular complexity index is 71.6. The van der Waals surface area contributed by atoms with E-state index in [4.69, 9.17) is 0 Å². The van der Waals surface area contributed by atoms with Gasteiger partial charge in [-0.25, -0.2) is 0 Å². The molecule has 0 aromatic rings. The average Bonchev–Trinajstić information content (AvgIpc) is 0.592. The van der Waals surface area contributed by atoms with Crippen LogP contribution in [0, 0.1) is 0 Å². The fraction of sp³-hybridized carbons (Fsp3) is 0. The molecule has 0 fully saturated rings. The SMILES string of the molecule is FS(F)(F)(F)(F)F.[K+].[OH-]. The number of rotatable bonds is 0. The van der Waals surface area contributed by atoms with Gasteiger partial charge in [0.25, 0.3) is 0 Å². The van der Waals surface area contributed by atoms with Gasteiger partial charge in [0.2, 0.25) is 0 Å². The quantitative estimate of drug-likeness (QED) is 0.401. The second-order valence-electron chi connectivity index (χ2n) is 0.875. The summed E-state index contributed by atoms with van der Waals surface area (Å²) in [6, 6.07) is 0. The normalized spacial score (nSPS) is 18.0. The van der Waals surface area contributed by atoms with E-state index < -0.39 is 10.6 Å². The van der Waals surface area contributed by atoms with Crippen molar-refractivity contribution in [1.29, 1.82) is 0 Å². The molecule has 0 amide bonds. The summed E-state index contributed by atoms with van der Waals surface area (Å²) in [7, 11) is -10.5. The molecule has 0 aromatic carbocycles. The Labute approximate surface area is 89.5 Å². The molecule has 9 heteroatoms. The minimum absolute atomic E-state index is 0. The van der Waals surface area contributed by atoms with Crippen LogP contribution in [0.15, 0.2) is 0 Å². The molecule has 0 aliphatic heterocycles. The minimum atomic E-state index is -10.5. The van der Waals surface area contributed by atoms with Gasteiger partial charge in [-0.3, -0.25) is 0 Å². The number of halogens is 6. The molecule has 0 saturated heterocycles. The van der Waals surface area contributed by atoms with Gasteiger partial charge in [-0.05, 0) is 0 Å². The molecule has 1 N–H and O–H groups in total. The topological polar surface area (TPSA) is 30.0 Å². The van der Waals surface area contributed by atoms with Gasteiger partial charge in [0.05, 0.1) is 0 Å².